The number of hydrogen-bond acceptors (Lipinski definition) is 3. The third kappa shape index (κ3) is 3.04. The first kappa shape index (κ1) is 14.0. The highest BCUT2D eigenvalue weighted by molar-refractivity contribution is 6.35. The maximum atomic E-state index is 6.20. The fraction of sp³-hybridized carbons (Fsp3) is 0.176. The number of nitrogens with one attached hydrogen (secondary N) is 1. The van der Waals surface area contributed by atoms with Crippen LogP contribution in [0.5, 0.6) is 5.75 Å². The van der Waals surface area contributed by atoms with Crippen molar-refractivity contribution < 1.29 is 9.15 Å². The van der Waals surface area contributed by atoms with Gasteiger partial charge in [-0.15, -0.1) is 0 Å². The van der Waals surface area contributed by atoms with Gasteiger partial charge in [-0.2, -0.15) is 0 Å². The summed E-state index contributed by atoms with van der Waals surface area (Å²) in [5, 5.41) is 5.78. The molecule has 0 unspecified atom stereocenters. The second kappa shape index (κ2) is 6.20. The monoisotopic (exact) mass is 301 g/mol. The summed E-state index contributed by atoms with van der Waals surface area (Å²) in [7, 11) is 1.89. The lowest BCUT2D eigenvalue weighted by Crippen LogP contribution is -2.03. The average Bonchev–Trinajstić information content (AvgIpc) is 2.95. The summed E-state index contributed by atoms with van der Waals surface area (Å²) in [6.07, 6.45) is 0. The molecule has 1 N–H and O–H groups in total. The topological polar surface area (TPSA) is 34.4 Å². The van der Waals surface area contributed by atoms with Gasteiger partial charge in [0, 0.05) is 15.8 Å². The Hall–Kier alpha value is -1.97. The van der Waals surface area contributed by atoms with Crippen LogP contribution in [0.2, 0.25) is 5.02 Å². The minimum atomic E-state index is 0.398. The Morgan fingerprint density at radius 1 is 1.00 bits per heavy atom. The Kier molecular flexibility index (Phi) is 4.13. The third-order valence-corrected chi connectivity index (χ3v) is 3.60. The first-order chi connectivity index (χ1) is 10.3. The number of rotatable bonds is 5. The standard InChI is InChI=1S/C17H16ClNO2/c1-19-10-12-6-7-13(21-12)11-20-17-9-8-16(18)14-4-2-3-5-15(14)17/h2-9,19H,10-11H2,1H3. The first-order valence-electron chi connectivity index (χ1n) is 6.80. The van der Waals surface area contributed by atoms with E-state index >= 15 is 0 Å². The van der Waals surface area contributed by atoms with Gasteiger partial charge in [0.1, 0.15) is 23.9 Å². The van der Waals surface area contributed by atoms with Gasteiger partial charge < -0.3 is 14.5 Å². The van der Waals surface area contributed by atoms with Gasteiger partial charge in [-0.3, -0.25) is 0 Å². The molecule has 2 aromatic carbocycles. The SMILES string of the molecule is CNCc1ccc(COc2ccc(Cl)c3ccccc23)o1. The van der Waals surface area contributed by atoms with E-state index in [1.165, 1.54) is 0 Å². The van der Waals surface area contributed by atoms with Crippen LogP contribution >= 0.6 is 11.6 Å². The van der Waals surface area contributed by atoms with Crippen LogP contribution in [0.25, 0.3) is 10.8 Å². The minimum Gasteiger partial charge on any atom is -0.485 e. The molecule has 3 aromatic rings. The predicted octanol–water partition coefficient (Wildman–Crippen LogP) is 4.38. The van der Waals surface area contributed by atoms with Crippen LogP contribution in [0.3, 0.4) is 0 Å². The lowest BCUT2D eigenvalue weighted by Gasteiger charge is -2.09. The summed E-state index contributed by atoms with van der Waals surface area (Å²) in [5.74, 6) is 2.51. The highest BCUT2D eigenvalue weighted by atomic mass is 35.5. The zero-order valence-electron chi connectivity index (χ0n) is 11.7. The molecule has 1 aromatic heterocycles. The van der Waals surface area contributed by atoms with Gasteiger partial charge in [0.05, 0.1) is 6.54 Å². The molecule has 3 nitrogen and oxygen atoms in total. The van der Waals surface area contributed by atoms with Crippen molar-refractivity contribution in [1.29, 1.82) is 0 Å². The highest BCUT2D eigenvalue weighted by Gasteiger charge is 2.07. The molecule has 4 heteroatoms. The molecule has 0 bridgehead atoms. The predicted molar refractivity (Wildman–Crippen MR) is 84.8 cm³/mol. The fourth-order valence-corrected chi connectivity index (χ4v) is 2.51. The smallest absolute Gasteiger partial charge is 0.146 e. The Labute approximate surface area is 128 Å². The van der Waals surface area contributed by atoms with Crippen molar-refractivity contribution in [3.8, 4) is 5.75 Å². The molecular weight excluding hydrogens is 286 g/mol. The number of fused-ring (bicyclic) bond motifs is 1. The van der Waals surface area contributed by atoms with Gasteiger partial charge in [-0.1, -0.05) is 35.9 Å². The molecule has 0 amide bonds. The summed E-state index contributed by atoms with van der Waals surface area (Å²) < 4.78 is 11.5. The van der Waals surface area contributed by atoms with Gasteiger partial charge in [-0.05, 0) is 31.3 Å². The molecule has 21 heavy (non-hydrogen) atoms. The van der Waals surface area contributed by atoms with Crippen LogP contribution in [0, 0.1) is 0 Å². The Morgan fingerprint density at radius 2 is 1.76 bits per heavy atom. The molecule has 0 aliphatic carbocycles. The molecule has 0 aliphatic rings. The number of benzene rings is 2. The van der Waals surface area contributed by atoms with Gasteiger partial charge in [0.15, 0.2) is 0 Å². The summed E-state index contributed by atoms with van der Waals surface area (Å²) in [6.45, 7) is 1.11. The van der Waals surface area contributed by atoms with E-state index in [0.29, 0.717) is 13.2 Å². The molecule has 0 fully saturated rings. The molecular formula is C17H16ClNO2. The van der Waals surface area contributed by atoms with Crippen LogP contribution in [0.1, 0.15) is 11.5 Å². The van der Waals surface area contributed by atoms with E-state index in [-0.39, 0.29) is 0 Å². The summed E-state index contributed by atoms with van der Waals surface area (Å²) in [6, 6.07) is 15.6. The molecule has 108 valence electrons. The van der Waals surface area contributed by atoms with E-state index in [4.69, 9.17) is 20.8 Å². The molecule has 0 saturated heterocycles. The second-order valence-corrected chi connectivity index (χ2v) is 5.19. The zero-order chi connectivity index (χ0) is 14.7. The number of hydrogen-bond donors (Lipinski definition) is 1. The average molecular weight is 302 g/mol. The molecule has 0 aliphatic heterocycles. The van der Waals surface area contributed by atoms with Crippen molar-refractivity contribution in [2.24, 2.45) is 0 Å². The fourth-order valence-electron chi connectivity index (χ4n) is 2.28. The Morgan fingerprint density at radius 3 is 2.57 bits per heavy atom. The van der Waals surface area contributed by atoms with E-state index in [0.717, 1.165) is 33.1 Å². The highest BCUT2D eigenvalue weighted by Crippen LogP contribution is 2.31. The summed E-state index contributed by atoms with van der Waals surface area (Å²) in [5.41, 5.74) is 0. The van der Waals surface area contributed by atoms with Crippen LogP contribution in [-0.4, -0.2) is 7.05 Å². The lowest BCUT2D eigenvalue weighted by molar-refractivity contribution is 0.268. The number of ether oxygens (including phenoxy) is 1. The quantitative estimate of drug-likeness (QED) is 0.759. The van der Waals surface area contributed by atoms with Crippen LogP contribution in [0.4, 0.5) is 0 Å². The van der Waals surface area contributed by atoms with E-state index in [1.807, 2.05) is 55.6 Å². The third-order valence-electron chi connectivity index (χ3n) is 3.27. The number of furan rings is 1. The zero-order valence-corrected chi connectivity index (χ0v) is 12.5. The summed E-state index contributed by atoms with van der Waals surface area (Å²) in [4.78, 5) is 0. The minimum absolute atomic E-state index is 0.398. The van der Waals surface area contributed by atoms with E-state index < -0.39 is 0 Å². The van der Waals surface area contributed by atoms with Gasteiger partial charge in [-0.25, -0.2) is 0 Å². The summed E-state index contributed by atoms with van der Waals surface area (Å²) >= 11 is 6.20. The molecule has 0 radical (unpaired) electrons. The molecule has 3 rings (SSSR count). The molecule has 0 atom stereocenters. The van der Waals surface area contributed by atoms with Crippen LogP contribution in [-0.2, 0) is 13.2 Å². The van der Waals surface area contributed by atoms with Gasteiger partial charge in [0.2, 0.25) is 0 Å². The largest absolute Gasteiger partial charge is 0.485 e. The normalized spacial score (nSPS) is 11.0. The van der Waals surface area contributed by atoms with E-state index in [9.17, 15) is 0 Å². The van der Waals surface area contributed by atoms with E-state index in [2.05, 4.69) is 5.32 Å². The van der Waals surface area contributed by atoms with Crippen molar-refractivity contribution in [3.63, 3.8) is 0 Å². The second-order valence-electron chi connectivity index (χ2n) is 4.78. The van der Waals surface area contributed by atoms with Gasteiger partial charge >= 0.3 is 0 Å². The van der Waals surface area contributed by atoms with Crippen molar-refractivity contribution >= 4 is 22.4 Å². The van der Waals surface area contributed by atoms with Crippen molar-refractivity contribution in [1.82, 2.24) is 5.32 Å². The molecule has 0 saturated carbocycles. The Bertz CT molecular complexity index is 751. The molecule has 0 spiro atoms. The molecule has 1 heterocycles. The van der Waals surface area contributed by atoms with Crippen molar-refractivity contribution in [2.75, 3.05) is 7.05 Å². The van der Waals surface area contributed by atoms with Crippen LogP contribution in [0.15, 0.2) is 52.9 Å². The maximum absolute atomic E-state index is 6.20. The van der Waals surface area contributed by atoms with Gasteiger partial charge in [0.25, 0.3) is 0 Å². The van der Waals surface area contributed by atoms with Crippen molar-refractivity contribution in [2.45, 2.75) is 13.2 Å². The van der Waals surface area contributed by atoms with Crippen LogP contribution < -0.4 is 10.1 Å². The Balaban J connectivity index is 1.80. The number of halogens is 1. The van der Waals surface area contributed by atoms with Crippen molar-refractivity contribution in [3.05, 3.63) is 65.1 Å². The van der Waals surface area contributed by atoms with E-state index in [1.54, 1.807) is 0 Å². The maximum Gasteiger partial charge on any atom is 0.146 e. The lowest BCUT2D eigenvalue weighted by atomic mass is 10.1. The first-order valence-corrected chi connectivity index (χ1v) is 7.18.